The highest BCUT2D eigenvalue weighted by atomic mass is 16.5. The summed E-state index contributed by atoms with van der Waals surface area (Å²) in [5, 5.41) is 1.15. The molecule has 2 aromatic carbocycles. The van der Waals surface area contributed by atoms with Crippen molar-refractivity contribution in [3.63, 3.8) is 0 Å². The van der Waals surface area contributed by atoms with Gasteiger partial charge in [0.2, 0.25) is 0 Å². The number of nitrogens with one attached hydrogen (secondary N) is 2. The minimum Gasteiger partial charge on any atom is -0.468 e. The lowest BCUT2D eigenvalue weighted by atomic mass is 9.90. The largest absolute Gasteiger partial charge is 0.468 e. The maximum Gasteiger partial charge on any atom is 0.323 e. The van der Waals surface area contributed by atoms with Gasteiger partial charge >= 0.3 is 5.97 Å². The van der Waals surface area contributed by atoms with Crippen molar-refractivity contribution in [3.8, 4) is 0 Å². The maximum absolute atomic E-state index is 12.8. The van der Waals surface area contributed by atoms with E-state index < -0.39 is 6.04 Å². The van der Waals surface area contributed by atoms with Crippen LogP contribution >= 0.6 is 0 Å². The summed E-state index contributed by atoms with van der Waals surface area (Å²) in [4.78, 5) is 26.4. The van der Waals surface area contributed by atoms with Crippen molar-refractivity contribution in [3.05, 3.63) is 89.6 Å². The molecule has 2 atom stereocenters. The van der Waals surface area contributed by atoms with Crippen molar-refractivity contribution in [1.29, 1.82) is 0 Å². The van der Waals surface area contributed by atoms with Gasteiger partial charge in [0.05, 0.1) is 7.11 Å². The predicted octanol–water partition coefficient (Wildman–Crippen LogP) is 3.58. The molecule has 146 valence electrons. The zero-order valence-electron chi connectivity index (χ0n) is 16.1. The zero-order valence-corrected chi connectivity index (χ0v) is 16.1. The maximum atomic E-state index is 12.8. The Kier molecular flexibility index (Phi) is 4.41. The number of aromatic amines is 2. The molecule has 0 spiro atoms. The molecule has 3 heterocycles. The van der Waals surface area contributed by atoms with Crippen LogP contribution in [-0.2, 0) is 22.5 Å². The third-order valence-corrected chi connectivity index (χ3v) is 5.71. The SMILES string of the molecule is COC(=O)[C@@H]1Cc2c([nH]c3ccccc23)[C@@H](c2ncc[nH]2)N1Cc1ccccc1. The first kappa shape index (κ1) is 17.7. The van der Waals surface area contributed by atoms with Crippen LogP contribution < -0.4 is 0 Å². The molecule has 1 aliphatic heterocycles. The van der Waals surface area contributed by atoms with Gasteiger partial charge in [0.1, 0.15) is 17.9 Å². The molecule has 0 bridgehead atoms. The van der Waals surface area contributed by atoms with Gasteiger partial charge in [-0.25, -0.2) is 4.98 Å². The van der Waals surface area contributed by atoms with E-state index in [9.17, 15) is 4.79 Å². The highest BCUT2D eigenvalue weighted by molar-refractivity contribution is 5.87. The van der Waals surface area contributed by atoms with Gasteiger partial charge in [-0.15, -0.1) is 0 Å². The number of imidazole rings is 1. The molecule has 5 rings (SSSR count). The first-order valence-corrected chi connectivity index (χ1v) is 9.72. The van der Waals surface area contributed by atoms with Crippen LogP contribution in [0.2, 0.25) is 0 Å². The molecule has 2 N–H and O–H groups in total. The molecule has 0 amide bonds. The lowest BCUT2D eigenvalue weighted by Crippen LogP contribution is -2.48. The Morgan fingerprint density at radius 3 is 2.72 bits per heavy atom. The number of benzene rings is 2. The minimum atomic E-state index is -0.401. The van der Waals surface area contributed by atoms with Crippen LogP contribution in [-0.4, -0.2) is 39.0 Å². The third kappa shape index (κ3) is 3.02. The molecule has 6 heteroatoms. The second kappa shape index (κ2) is 7.22. The summed E-state index contributed by atoms with van der Waals surface area (Å²) in [5.41, 5.74) is 4.44. The molecule has 29 heavy (non-hydrogen) atoms. The third-order valence-electron chi connectivity index (χ3n) is 5.71. The van der Waals surface area contributed by atoms with E-state index in [-0.39, 0.29) is 12.0 Å². The number of carbonyl (C=O) groups excluding carboxylic acids is 1. The molecule has 0 saturated carbocycles. The standard InChI is InChI=1S/C23H22N4O2/c1-29-23(28)19-13-17-16-9-5-6-10-18(16)26-20(17)21(22-24-11-12-25-22)27(19)14-15-7-3-2-4-8-15/h2-12,19,21,26H,13-14H2,1H3,(H,24,25)/t19-,21-/m0/s1. The topological polar surface area (TPSA) is 74.0 Å². The monoisotopic (exact) mass is 386 g/mol. The fourth-order valence-electron chi connectivity index (χ4n) is 4.40. The second-order valence-corrected chi connectivity index (χ2v) is 7.34. The van der Waals surface area contributed by atoms with Gasteiger partial charge < -0.3 is 14.7 Å². The van der Waals surface area contributed by atoms with Gasteiger partial charge in [0.25, 0.3) is 0 Å². The van der Waals surface area contributed by atoms with Gasteiger partial charge in [-0.3, -0.25) is 9.69 Å². The molecular weight excluding hydrogens is 364 g/mol. The van der Waals surface area contributed by atoms with E-state index in [1.807, 2.05) is 36.5 Å². The molecule has 0 fully saturated rings. The Morgan fingerprint density at radius 1 is 1.17 bits per heavy atom. The van der Waals surface area contributed by atoms with E-state index in [4.69, 9.17) is 4.74 Å². The van der Waals surface area contributed by atoms with Crippen molar-refractivity contribution in [2.24, 2.45) is 0 Å². The molecular formula is C23H22N4O2. The van der Waals surface area contributed by atoms with Crippen molar-refractivity contribution < 1.29 is 9.53 Å². The van der Waals surface area contributed by atoms with Crippen molar-refractivity contribution in [1.82, 2.24) is 19.9 Å². The molecule has 4 aromatic rings. The van der Waals surface area contributed by atoms with E-state index in [0.29, 0.717) is 13.0 Å². The van der Waals surface area contributed by atoms with E-state index in [1.165, 1.54) is 7.11 Å². The number of nitrogens with zero attached hydrogens (tertiary/aromatic N) is 2. The number of rotatable bonds is 4. The predicted molar refractivity (Wildman–Crippen MR) is 110 cm³/mol. The highest BCUT2D eigenvalue weighted by Crippen LogP contribution is 2.40. The van der Waals surface area contributed by atoms with Gasteiger partial charge in [-0.1, -0.05) is 48.5 Å². The van der Waals surface area contributed by atoms with Crippen molar-refractivity contribution >= 4 is 16.9 Å². The van der Waals surface area contributed by atoms with Crippen LogP contribution in [0.4, 0.5) is 0 Å². The van der Waals surface area contributed by atoms with E-state index in [1.54, 1.807) is 6.20 Å². The van der Waals surface area contributed by atoms with Gasteiger partial charge in [-0.2, -0.15) is 0 Å². The van der Waals surface area contributed by atoms with Crippen LogP contribution in [0.3, 0.4) is 0 Å². The van der Waals surface area contributed by atoms with Crippen molar-refractivity contribution in [2.45, 2.75) is 25.0 Å². The van der Waals surface area contributed by atoms with E-state index in [2.05, 4.69) is 44.1 Å². The second-order valence-electron chi connectivity index (χ2n) is 7.34. The van der Waals surface area contributed by atoms with E-state index in [0.717, 1.165) is 33.5 Å². The Labute approximate surface area is 168 Å². The average Bonchev–Trinajstić information content (AvgIpc) is 3.41. The molecule has 6 nitrogen and oxygen atoms in total. The minimum absolute atomic E-state index is 0.203. The zero-order chi connectivity index (χ0) is 19.8. The number of methoxy groups -OCH3 is 1. The van der Waals surface area contributed by atoms with Crippen LogP contribution in [0.25, 0.3) is 10.9 Å². The number of esters is 1. The number of hydrogen-bond donors (Lipinski definition) is 2. The molecule has 2 aromatic heterocycles. The summed E-state index contributed by atoms with van der Waals surface area (Å²) in [6.45, 7) is 0.612. The Balaban J connectivity index is 1.70. The first-order chi connectivity index (χ1) is 14.3. The van der Waals surface area contributed by atoms with Crippen LogP contribution in [0, 0.1) is 0 Å². The smallest absolute Gasteiger partial charge is 0.323 e. The average molecular weight is 386 g/mol. The summed E-state index contributed by atoms with van der Waals surface area (Å²) in [5.74, 6) is 0.579. The normalized spacial score (nSPS) is 19.2. The number of hydrogen-bond acceptors (Lipinski definition) is 4. The van der Waals surface area contributed by atoms with Gasteiger partial charge in [-0.05, 0) is 17.2 Å². The van der Waals surface area contributed by atoms with E-state index >= 15 is 0 Å². The summed E-state index contributed by atoms with van der Waals surface area (Å²) in [6, 6.07) is 17.8. The van der Waals surface area contributed by atoms with Crippen LogP contribution in [0.1, 0.15) is 28.7 Å². The molecule has 0 unspecified atom stereocenters. The van der Waals surface area contributed by atoms with Gasteiger partial charge in [0.15, 0.2) is 0 Å². The fraction of sp³-hybridized carbons (Fsp3) is 0.217. The number of aromatic nitrogens is 3. The Hall–Kier alpha value is -3.38. The molecule has 0 aliphatic carbocycles. The fourth-order valence-corrected chi connectivity index (χ4v) is 4.40. The molecule has 0 radical (unpaired) electrons. The summed E-state index contributed by atoms with van der Waals surface area (Å²) in [6.07, 6.45) is 4.16. The first-order valence-electron chi connectivity index (χ1n) is 9.72. The highest BCUT2D eigenvalue weighted by Gasteiger charge is 2.42. The number of fused-ring (bicyclic) bond motifs is 3. The summed E-state index contributed by atoms with van der Waals surface area (Å²) in [7, 11) is 1.45. The van der Waals surface area contributed by atoms with Gasteiger partial charge in [0, 0.05) is 42.0 Å². The summed E-state index contributed by atoms with van der Waals surface area (Å²) >= 11 is 0. The number of ether oxygens (including phenoxy) is 1. The number of H-pyrrole nitrogens is 2. The van der Waals surface area contributed by atoms with Crippen molar-refractivity contribution in [2.75, 3.05) is 7.11 Å². The summed E-state index contributed by atoms with van der Waals surface area (Å²) < 4.78 is 5.21. The lowest BCUT2D eigenvalue weighted by Gasteiger charge is -2.39. The molecule has 1 aliphatic rings. The Bertz CT molecular complexity index is 1130. The number of carbonyl (C=O) groups is 1. The molecule has 0 saturated heterocycles. The van der Waals surface area contributed by atoms with Crippen LogP contribution in [0.5, 0.6) is 0 Å². The Morgan fingerprint density at radius 2 is 1.97 bits per heavy atom. The quantitative estimate of drug-likeness (QED) is 0.526. The van der Waals surface area contributed by atoms with Crippen LogP contribution in [0.15, 0.2) is 67.0 Å². The number of para-hydroxylation sites is 1. The lowest BCUT2D eigenvalue weighted by molar-refractivity contribution is -0.148.